The molecule has 0 heterocycles. The van der Waals surface area contributed by atoms with Gasteiger partial charge in [-0.05, 0) is 122 Å². The molecule has 5 nitrogen and oxygen atoms in total. The predicted octanol–water partition coefficient (Wildman–Crippen LogP) is 7.34. The summed E-state index contributed by atoms with van der Waals surface area (Å²) in [6.45, 7) is 22.3. The van der Waals surface area contributed by atoms with Crippen LogP contribution >= 0.6 is 0 Å². The molecule has 0 aliphatic heterocycles. The second-order valence-electron chi connectivity index (χ2n) is 16.2. The highest BCUT2D eigenvalue weighted by atomic mass is 16.5. The molecule has 5 rings (SSSR count). The quantitative estimate of drug-likeness (QED) is 0.274. The number of methoxy groups -OCH3 is 1. The van der Waals surface area contributed by atoms with Gasteiger partial charge in [-0.1, -0.05) is 46.8 Å². The molecule has 0 spiro atoms. The van der Waals surface area contributed by atoms with Gasteiger partial charge in [-0.3, -0.25) is 9.59 Å². The van der Waals surface area contributed by atoms with Crippen molar-refractivity contribution in [2.24, 2.45) is 56.7 Å². The molecule has 5 heteroatoms. The molecular formula is C35H57NO4. The van der Waals surface area contributed by atoms with Gasteiger partial charge in [0.15, 0.2) is 0 Å². The van der Waals surface area contributed by atoms with Crippen LogP contribution in [0, 0.1) is 56.7 Å². The van der Waals surface area contributed by atoms with Crippen molar-refractivity contribution in [3.8, 4) is 0 Å². The molecule has 5 saturated carbocycles. The smallest absolute Gasteiger partial charge is 0.319 e. The maximum absolute atomic E-state index is 12.0. The van der Waals surface area contributed by atoms with Gasteiger partial charge in [-0.2, -0.15) is 0 Å². The third-order valence-electron chi connectivity index (χ3n) is 14.5. The van der Waals surface area contributed by atoms with Crippen molar-refractivity contribution in [1.82, 2.24) is 5.32 Å². The van der Waals surface area contributed by atoms with E-state index in [9.17, 15) is 9.59 Å². The average molecular weight is 556 g/mol. The third kappa shape index (κ3) is 4.25. The van der Waals surface area contributed by atoms with E-state index >= 15 is 0 Å². The molecule has 5 aliphatic rings. The first-order chi connectivity index (χ1) is 18.7. The van der Waals surface area contributed by atoms with Crippen LogP contribution < -0.4 is 5.32 Å². The molecule has 5 fully saturated rings. The van der Waals surface area contributed by atoms with Crippen molar-refractivity contribution in [3.63, 3.8) is 0 Å². The zero-order valence-electron chi connectivity index (χ0n) is 26.8. The van der Waals surface area contributed by atoms with Gasteiger partial charge in [-0.25, -0.2) is 0 Å². The van der Waals surface area contributed by atoms with Crippen LogP contribution in [0.2, 0.25) is 0 Å². The average Bonchev–Trinajstić information content (AvgIpc) is 3.26. The molecule has 0 saturated heterocycles. The van der Waals surface area contributed by atoms with Crippen LogP contribution in [-0.4, -0.2) is 38.2 Å². The molecule has 0 amide bonds. The molecule has 0 aromatic carbocycles. The summed E-state index contributed by atoms with van der Waals surface area (Å²) in [6.07, 6.45) is 12.3. The van der Waals surface area contributed by atoms with Gasteiger partial charge >= 0.3 is 11.9 Å². The summed E-state index contributed by atoms with van der Waals surface area (Å²) in [5, 5.41) is 3.53. The molecule has 0 unspecified atom stereocenters. The Kier molecular flexibility index (Phi) is 7.62. The number of hydrogen-bond donors (Lipinski definition) is 1. The maximum Gasteiger partial charge on any atom is 0.319 e. The monoisotopic (exact) mass is 555 g/mol. The van der Waals surface area contributed by atoms with E-state index in [2.05, 4.69) is 53.4 Å². The minimum atomic E-state index is -0.174. The number of ether oxygens (including phenoxy) is 2. The van der Waals surface area contributed by atoms with Crippen molar-refractivity contribution in [1.29, 1.82) is 0 Å². The van der Waals surface area contributed by atoms with Gasteiger partial charge in [0.2, 0.25) is 0 Å². The van der Waals surface area contributed by atoms with E-state index in [4.69, 9.17) is 9.47 Å². The fraction of sp³-hybridized carbons (Fsp3) is 0.886. The van der Waals surface area contributed by atoms with Crippen LogP contribution in [0.4, 0.5) is 0 Å². The van der Waals surface area contributed by atoms with E-state index in [-0.39, 0.29) is 34.3 Å². The fourth-order valence-electron chi connectivity index (χ4n) is 12.5. The van der Waals surface area contributed by atoms with Crippen molar-refractivity contribution in [2.75, 3.05) is 20.2 Å². The Labute approximate surface area is 244 Å². The summed E-state index contributed by atoms with van der Waals surface area (Å²) >= 11 is 0. The first-order valence-electron chi connectivity index (χ1n) is 16.3. The van der Waals surface area contributed by atoms with Crippen molar-refractivity contribution >= 4 is 11.9 Å². The highest BCUT2D eigenvalue weighted by Gasteiger charge is 2.71. The number of hydrogen-bond acceptors (Lipinski definition) is 5. The molecule has 10 atom stereocenters. The van der Waals surface area contributed by atoms with Gasteiger partial charge < -0.3 is 14.8 Å². The van der Waals surface area contributed by atoms with Crippen molar-refractivity contribution in [2.45, 2.75) is 119 Å². The molecule has 5 aliphatic carbocycles. The second-order valence-corrected chi connectivity index (χ2v) is 16.2. The standard InChI is InChI=1S/C35H57NO4/c1-22(2)24-12-17-35(21-36-20-29(38)39-9)19-18-33(7)25(30(24)35)10-11-27-32(6)15-14-28(40-23(3)37)31(4,5)26(32)13-16-34(27,33)8/h24-28,30,36H,1,10-21H2,2-9H3/t24-,25+,26-,27+,28-,30+,32-,33+,34+,35+/m0/s1. The number of nitrogens with one attached hydrogen (secondary N) is 1. The lowest BCUT2D eigenvalue weighted by Crippen LogP contribution is -2.67. The number of rotatable bonds is 6. The molecular weight excluding hydrogens is 498 g/mol. The Morgan fingerprint density at radius 3 is 2.23 bits per heavy atom. The first-order valence-corrected chi connectivity index (χ1v) is 16.3. The summed E-state index contributed by atoms with van der Waals surface area (Å²) in [5.74, 6) is 2.88. The molecule has 0 aromatic rings. The van der Waals surface area contributed by atoms with Crippen LogP contribution in [0.5, 0.6) is 0 Å². The van der Waals surface area contributed by atoms with E-state index in [0.29, 0.717) is 47.0 Å². The van der Waals surface area contributed by atoms with E-state index in [1.165, 1.54) is 70.5 Å². The topological polar surface area (TPSA) is 64.6 Å². The molecule has 1 N–H and O–H groups in total. The Hall–Kier alpha value is -1.36. The fourth-order valence-corrected chi connectivity index (χ4v) is 12.5. The van der Waals surface area contributed by atoms with Gasteiger partial charge in [0.25, 0.3) is 0 Å². The molecule has 0 radical (unpaired) electrons. The van der Waals surface area contributed by atoms with Crippen LogP contribution in [-0.2, 0) is 19.1 Å². The summed E-state index contributed by atoms with van der Waals surface area (Å²) < 4.78 is 10.9. The predicted molar refractivity (Wildman–Crippen MR) is 159 cm³/mol. The zero-order chi connectivity index (χ0) is 29.3. The van der Waals surface area contributed by atoms with Crippen LogP contribution in [0.3, 0.4) is 0 Å². The minimum Gasteiger partial charge on any atom is -0.468 e. The summed E-state index contributed by atoms with van der Waals surface area (Å²) in [4.78, 5) is 23.9. The number of fused-ring (bicyclic) bond motifs is 7. The molecule has 0 bridgehead atoms. The lowest BCUT2D eigenvalue weighted by Gasteiger charge is -2.73. The van der Waals surface area contributed by atoms with Gasteiger partial charge in [0.05, 0.1) is 13.7 Å². The SMILES string of the molecule is C=C(C)[C@@H]1CC[C@]2(CNCC(=O)OC)CC[C@]3(C)[C@H](CC[C@@H]4[C@@]5(C)CC[C@H](OC(C)=O)C(C)(C)[C@@H]5CC[C@]43C)[C@@H]12. The second kappa shape index (κ2) is 10.1. The zero-order valence-corrected chi connectivity index (χ0v) is 26.8. The Bertz CT molecular complexity index is 1040. The molecule has 226 valence electrons. The van der Waals surface area contributed by atoms with E-state index in [1.807, 2.05) is 0 Å². The van der Waals surface area contributed by atoms with Crippen LogP contribution in [0.15, 0.2) is 12.2 Å². The van der Waals surface area contributed by atoms with Crippen LogP contribution in [0.25, 0.3) is 0 Å². The van der Waals surface area contributed by atoms with Gasteiger partial charge in [0, 0.05) is 18.9 Å². The highest BCUT2D eigenvalue weighted by molar-refractivity contribution is 5.71. The lowest BCUT2D eigenvalue weighted by molar-refractivity contribution is -0.249. The number of carbonyl (C=O) groups excluding carboxylic acids is 2. The van der Waals surface area contributed by atoms with Crippen LogP contribution in [0.1, 0.15) is 113 Å². The Morgan fingerprint density at radius 1 is 0.850 bits per heavy atom. The Morgan fingerprint density at radius 2 is 1.57 bits per heavy atom. The van der Waals surface area contributed by atoms with Gasteiger partial charge in [-0.15, -0.1) is 0 Å². The van der Waals surface area contributed by atoms with E-state index < -0.39 is 0 Å². The summed E-state index contributed by atoms with van der Waals surface area (Å²) in [5.41, 5.74) is 2.49. The van der Waals surface area contributed by atoms with Gasteiger partial charge in [0.1, 0.15) is 6.10 Å². The molecule has 40 heavy (non-hydrogen) atoms. The largest absolute Gasteiger partial charge is 0.468 e. The Balaban J connectivity index is 1.46. The highest BCUT2D eigenvalue weighted by Crippen LogP contribution is 2.77. The van der Waals surface area contributed by atoms with Crippen molar-refractivity contribution < 1.29 is 19.1 Å². The summed E-state index contributed by atoms with van der Waals surface area (Å²) in [6, 6.07) is 0. The number of esters is 2. The first kappa shape index (κ1) is 30.1. The number of allylic oxidation sites excluding steroid dienone is 1. The van der Waals surface area contributed by atoms with E-state index in [1.54, 1.807) is 6.92 Å². The normalized spacial score (nSPS) is 47.2. The molecule has 0 aromatic heterocycles. The lowest BCUT2D eigenvalue weighted by atomic mass is 9.32. The maximum atomic E-state index is 12.0. The van der Waals surface area contributed by atoms with E-state index in [0.717, 1.165) is 13.0 Å². The van der Waals surface area contributed by atoms with Crippen molar-refractivity contribution in [3.05, 3.63) is 12.2 Å². The summed E-state index contributed by atoms with van der Waals surface area (Å²) in [7, 11) is 1.47. The third-order valence-corrected chi connectivity index (χ3v) is 14.5. The minimum absolute atomic E-state index is 0.00127. The number of carbonyl (C=O) groups is 2.